The van der Waals surface area contributed by atoms with Crippen molar-refractivity contribution in [3.8, 4) is 0 Å². The van der Waals surface area contributed by atoms with Crippen molar-refractivity contribution in [3.05, 3.63) is 0 Å². The average Bonchev–Trinajstić information content (AvgIpc) is 1.35. The lowest BCUT2D eigenvalue weighted by atomic mass is 11.7. The summed E-state index contributed by atoms with van der Waals surface area (Å²) >= 11 is 0. The third kappa shape index (κ3) is 10.8. The third-order valence-corrected chi connectivity index (χ3v) is 0.569. The van der Waals surface area contributed by atoms with Crippen molar-refractivity contribution in [3.63, 3.8) is 0 Å². The summed E-state index contributed by atoms with van der Waals surface area (Å²) < 4.78 is 0. The van der Waals surface area contributed by atoms with Gasteiger partial charge in [0, 0.05) is 0 Å². The molecular weight excluding hydrogens is 187 g/mol. The highest BCUT2D eigenvalue weighted by atomic mass is 79.9. The third-order valence-electron chi connectivity index (χ3n) is 0.190. The monoisotopic (exact) mass is 192 g/mol. The molecule has 0 radical (unpaired) electrons. The quantitative estimate of drug-likeness (QED) is 0.317. The molecule has 0 aromatic rings. The molecule has 0 saturated heterocycles. The Morgan fingerprint density at radius 1 is 1.14 bits per heavy atom. The smallest absolute Gasteiger partial charge is 0.431 e. The Labute approximate surface area is 51.8 Å². The number of rotatable bonds is 1. The fourth-order valence-corrected chi connectivity index (χ4v) is 0. The zero-order chi connectivity index (χ0) is 5.21. The molecule has 0 aliphatic heterocycles. The standard InChI is InChI=1S/CH6O4P.BrH/c2-1-6(3,4)5;/h2-5H,1H2;1H/q+1;/p-1. The van der Waals surface area contributed by atoms with E-state index in [1.165, 1.54) is 0 Å². The summed E-state index contributed by atoms with van der Waals surface area (Å²) in [5, 5.41) is 7.70. The van der Waals surface area contributed by atoms with E-state index in [0.29, 0.717) is 0 Å². The van der Waals surface area contributed by atoms with Crippen molar-refractivity contribution in [2.24, 2.45) is 0 Å². The molecule has 6 heteroatoms. The van der Waals surface area contributed by atoms with E-state index in [-0.39, 0.29) is 17.0 Å². The molecule has 0 fully saturated rings. The van der Waals surface area contributed by atoms with E-state index in [2.05, 4.69) is 0 Å². The van der Waals surface area contributed by atoms with E-state index in [1.54, 1.807) is 0 Å². The first kappa shape index (κ1) is 10.7. The van der Waals surface area contributed by atoms with Gasteiger partial charge in [-0.05, 0) is 0 Å². The lowest BCUT2D eigenvalue weighted by molar-refractivity contribution is -0.00000722. The molecule has 4 N–H and O–H groups in total. The molecule has 0 aromatic carbocycles. The minimum Gasteiger partial charge on any atom is -1.00 e. The van der Waals surface area contributed by atoms with Crippen LogP contribution in [0, 0.1) is 0 Å². The molecule has 0 spiro atoms. The SMILES string of the molecule is OC[P+](O)(O)O.[Br-]. The number of hydrogen-bond acceptors (Lipinski definition) is 4. The molecule has 0 rings (SSSR count). The zero-order valence-corrected chi connectivity index (χ0v) is 5.80. The van der Waals surface area contributed by atoms with Crippen molar-refractivity contribution in [1.82, 2.24) is 0 Å². The van der Waals surface area contributed by atoms with Crippen molar-refractivity contribution >= 4 is 7.94 Å². The largest absolute Gasteiger partial charge is 1.00 e. The van der Waals surface area contributed by atoms with Gasteiger partial charge in [-0.25, -0.2) is 0 Å². The molecular formula is CH6BrO4P. The lowest BCUT2D eigenvalue weighted by Gasteiger charge is -1.94. The zero-order valence-electron chi connectivity index (χ0n) is 3.32. The van der Waals surface area contributed by atoms with Crippen LogP contribution < -0.4 is 17.0 Å². The van der Waals surface area contributed by atoms with Gasteiger partial charge in [-0.2, -0.15) is 14.7 Å². The maximum Gasteiger partial charge on any atom is 0.431 e. The Morgan fingerprint density at radius 3 is 1.29 bits per heavy atom. The molecule has 0 amide bonds. The molecule has 0 bridgehead atoms. The summed E-state index contributed by atoms with van der Waals surface area (Å²) in [7, 11) is -3.84. The van der Waals surface area contributed by atoms with Crippen molar-refractivity contribution < 1.29 is 36.8 Å². The molecule has 0 aliphatic rings. The molecule has 0 unspecified atom stereocenters. The fraction of sp³-hybridized carbons (Fsp3) is 1.00. The van der Waals surface area contributed by atoms with Gasteiger partial charge in [0.25, 0.3) is 0 Å². The second kappa shape index (κ2) is 3.72. The van der Waals surface area contributed by atoms with Crippen LogP contribution in [0.5, 0.6) is 0 Å². The summed E-state index contributed by atoms with van der Waals surface area (Å²) in [5.74, 6) is 0. The summed E-state index contributed by atoms with van der Waals surface area (Å²) in [5.41, 5.74) is 0. The minimum absolute atomic E-state index is 0. The van der Waals surface area contributed by atoms with E-state index in [0.717, 1.165) is 0 Å². The van der Waals surface area contributed by atoms with E-state index >= 15 is 0 Å². The first-order valence-electron chi connectivity index (χ1n) is 1.23. The van der Waals surface area contributed by atoms with Gasteiger partial charge in [-0.1, -0.05) is 0 Å². The highest BCUT2D eigenvalue weighted by molar-refractivity contribution is 7.58. The van der Waals surface area contributed by atoms with Gasteiger partial charge in [-0.15, -0.1) is 0 Å². The van der Waals surface area contributed by atoms with E-state index < -0.39 is 14.3 Å². The number of halogens is 1. The van der Waals surface area contributed by atoms with Crippen LogP contribution in [0.25, 0.3) is 0 Å². The van der Waals surface area contributed by atoms with Crippen LogP contribution in [0.15, 0.2) is 0 Å². The number of aliphatic hydroxyl groups excluding tert-OH is 1. The first-order chi connectivity index (χ1) is 2.56. The van der Waals surface area contributed by atoms with E-state index in [1.807, 2.05) is 0 Å². The second-order valence-electron chi connectivity index (χ2n) is 0.834. The van der Waals surface area contributed by atoms with Crippen LogP contribution in [-0.2, 0) is 0 Å². The van der Waals surface area contributed by atoms with Gasteiger partial charge in [0.05, 0.1) is 0 Å². The summed E-state index contributed by atoms with van der Waals surface area (Å²) in [6, 6.07) is 0. The van der Waals surface area contributed by atoms with E-state index in [4.69, 9.17) is 19.8 Å². The summed E-state index contributed by atoms with van der Waals surface area (Å²) in [4.78, 5) is 23.4. The van der Waals surface area contributed by atoms with Crippen LogP contribution in [0.1, 0.15) is 0 Å². The molecule has 4 nitrogen and oxygen atoms in total. The number of hydrogen-bond donors (Lipinski definition) is 4. The van der Waals surface area contributed by atoms with Crippen LogP contribution in [0.2, 0.25) is 0 Å². The Hall–Kier alpha value is 0.750. The van der Waals surface area contributed by atoms with Gasteiger partial charge in [0.15, 0.2) is 0 Å². The molecule has 0 saturated carbocycles. The van der Waals surface area contributed by atoms with Crippen LogP contribution >= 0.6 is 7.94 Å². The van der Waals surface area contributed by atoms with Gasteiger partial charge >= 0.3 is 7.94 Å². The second-order valence-corrected chi connectivity index (χ2v) is 2.50. The molecule has 0 heterocycles. The number of aliphatic hydroxyl groups is 1. The van der Waals surface area contributed by atoms with Crippen LogP contribution in [-0.4, -0.2) is 26.1 Å². The molecule has 0 aliphatic carbocycles. The molecule has 0 atom stereocenters. The fourth-order valence-electron chi connectivity index (χ4n) is 0. The minimum atomic E-state index is -3.84. The average molecular weight is 193 g/mol. The van der Waals surface area contributed by atoms with Gasteiger partial charge in [0.1, 0.15) is 0 Å². The van der Waals surface area contributed by atoms with Gasteiger partial charge < -0.3 is 22.1 Å². The summed E-state index contributed by atoms with van der Waals surface area (Å²) in [6.07, 6.45) is -0.951. The predicted octanol–water partition coefficient (Wildman–Crippen LogP) is -4.32. The van der Waals surface area contributed by atoms with Crippen molar-refractivity contribution in [1.29, 1.82) is 0 Å². The Balaban J connectivity index is 0. The molecule has 46 valence electrons. The topological polar surface area (TPSA) is 80.9 Å². The first-order valence-corrected chi connectivity index (χ1v) is 3.06. The molecule has 0 aromatic heterocycles. The Kier molecular flexibility index (Phi) is 5.67. The highest BCUT2D eigenvalue weighted by Gasteiger charge is 2.26. The van der Waals surface area contributed by atoms with Crippen LogP contribution in [0.4, 0.5) is 0 Å². The molecule has 7 heavy (non-hydrogen) atoms. The van der Waals surface area contributed by atoms with Gasteiger partial charge in [0.2, 0.25) is 6.35 Å². The maximum atomic E-state index is 7.80. The highest BCUT2D eigenvalue weighted by Crippen LogP contribution is 2.42. The van der Waals surface area contributed by atoms with Gasteiger partial charge in [-0.3, -0.25) is 0 Å². The van der Waals surface area contributed by atoms with E-state index in [9.17, 15) is 0 Å². The Morgan fingerprint density at radius 2 is 1.29 bits per heavy atom. The lowest BCUT2D eigenvalue weighted by Crippen LogP contribution is -3.00. The summed E-state index contributed by atoms with van der Waals surface area (Å²) in [6.45, 7) is 0. The normalized spacial score (nSPS) is 10.3. The van der Waals surface area contributed by atoms with Crippen molar-refractivity contribution in [2.45, 2.75) is 0 Å². The van der Waals surface area contributed by atoms with Crippen LogP contribution in [0.3, 0.4) is 0 Å². The maximum absolute atomic E-state index is 7.80. The van der Waals surface area contributed by atoms with Crippen molar-refractivity contribution in [2.75, 3.05) is 6.35 Å². The Bertz CT molecular complexity index is 41.4. The predicted molar refractivity (Wildman–Crippen MR) is 20.7 cm³/mol.